The summed E-state index contributed by atoms with van der Waals surface area (Å²) in [6.07, 6.45) is 5.12. The highest BCUT2D eigenvalue weighted by atomic mass is 16.5. The highest BCUT2D eigenvalue weighted by Crippen LogP contribution is 2.38. The van der Waals surface area contributed by atoms with E-state index in [2.05, 4.69) is 40.8 Å². The summed E-state index contributed by atoms with van der Waals surface area (Å²) in [7, 11) is 0. The SMILES string of the molecule is CCCCOc1nc(N)c2c(n1)C(C(O)c1ccc(CN3CC(CC)C3)cc1)=CC2. The Labute approximate surface area is 178 Å². The number of fused-ring (bicyclic) bond motifs is 1. The molecule has 6 heteroatoms. The molecule has 0 amide bonds. The second-order valence-electron chi connectivity index (χ2n) is 8.40. The van der Waals surface area contributed by atoms with E-state index < -0.39 is 6.10 Å². The number of ether oxygens (including phenoxy) is 1. The second kappa shape index (κ2) is 9.14. The van der Waals surface area contributed by atoms with Gasteiger partial charge in [0.05, 0.1) is 12.3 Å². The molecule has 2 aliphatic rings. The lowest BCUT2D eigenvalue weighted by Gasteiger charge is -2.38. The van der Waals surface area contributed by atoms with Gasteiger partial charge in [-0.05, 0) is 29.9 Å². The Bertz CT molecular complexity index is 904. The van der Waals surface area contributed by atoms with Crippen molar-refractivity contribution >= 4 is 11.4 Å². The van der Waals surface area contributed by atoms with Gasteiger partial charge in [-0.15, -0.1) is 0 Å². The predicted molar refractivity (Wildman–Crippen MR) is 119 cm³/mol. The second-order valence-corrected chi connectivity index (χ2v) is 8.40. The summed E-state index contributed by atoms with van der Waals surface area (Å²) in [6.45, 7) is 8.28. The van der Waals surface area contributed by atoms with E-state index in [1.54, 1.807) is 0 Å². The summed E-state index contributed by atoms with van der Waals surface area (Å²) in [5.41, 5.74) is 10.6. The average molecular weight is 409 g/mol. The fourth-order valence-electron chi connectivity index (χ4n) is 4.15. The third-order valence-electron chi connectivity index (χ3n) is 6.15. The van der Waals surface area contributed by atoms with Crippen LogP contribution in [0.15, 0.2) is 30.3 Å². The molecule has 0 spiro atoms. The van der Waals surface area contributed by atoms with Gasteiger partial charge in [0.15, 0.2) is 0 Å². The molecule has 1 aliphatic heterocycles. The summed E-state index contributed by atoms with van der Waals surface area (Å²) < 4.78 is 5.65. The van der Waals surface area contributed by atoms with Gasteiger partial charge in [0.2, 0.25) is 0 Å². The molecule has 1 fully saturated rings. The molecule has 1 aromatic carbocycles. The Balaban J connectivity index is 1.45. The van der Waals surface area contributed by atoms with Crippen LogP contribution < -0.4 is 10.5 Å². The number of nitrogens with zero attached hydrogens (tertiary/aromatic N) is 3. The van der Waals surface area contributed by atoms with Crippen LogP contribution in [0.3, 0.4) is 0 Å². The summed E-state index contributed by atoms with van der Waals surface area (Å²) in [6, 6.07) is 8.54. The topological polar surface area (TPSA) is 84.5 Å². The van der Waals surface area contributed by atoms with Crippen LogP contribution in [0.1, 0.15) is 61.6 Å². The molecule has 3 N–H and O–H groups in total. The van der Waals surface area contributed by atoms with Gasteiger partial charge >= 0.3 is 6.01 Å². The number of allylic oxidation sites excluding steroid dienone is 1. The molecule has 4 rings (SSSR count). The van der Waals surface area contributed by atoms with Crippen LogP contribution in [0.2, 0.25) is 0 Å². The molecule has 1 saturated heterocycles. The molecule has 1 aliphatic carbocycles. The van der Waals surface area contributed by atoms with Crippen LogP contribution in [-0.2, 0) is 13.0 Å². The van der Waals surface area contributed by atoms with Crippen molar-refractivity contribution < 1.29 is 9.84 Å². The molecule has 0 radical (unpaired) electrons. The number of rotatable bonds is 9. The average Bonchev–Trinajstić information content (AvgIpc) is 3.15. The smallest absolute Gasteiger partial charge is 0.318 e. The van der Waals surface area contributed by atoms with E-state index in [1.807, 2.05) is 18.2 Å². The first kappa shape index (κ1) is 20.8. The van der Waals surface area contributed by atoms with Crippen LogP contribution in [0.5, 0.6) is 6.01 Å². The van der Waals surface area contributed by atoms with Crippen LogP contribution in [0.4, 0.5) is 5.82 Å². The van der Waals surface area contributed by atoms with E-state index in [0.29, 0.717) is 24.5 Å². The first-order valence-electron chi connectivity index (χ1n) is 11.1. The Kier molecular flexibility index (Phi) is 6.35. The summed E-state index contributed by atoms with van der Waals surface area (Å²) in [5, 5.41) is 11.0. The Morgan fingerprint density at radius 3 is 2.67 bits per heavy atom. The number of hydrogen-bond donors (Lipinski definition) is 2. The summed E-state index contributed by atoms with van der Waals surface area (Å²) >= 11 is 0. The maximum atomic E-state index is 11.0. The number of benzene rings is 1. The van der Waals surface area contributed by atoms with Crippen molar-refractivity contribution in [2.75, 3.05) is 25.4 Å². The van der Waals surface area contributed by atoms with Gasteiger partial charge in [0.1, 0.15) is 11.9 Å². The molecule has 1 unspecified atom stereocenters. The minimum Gasteiger partial charge on any atom is -0.463 e. The molecule has 6 nitrogen and oxygen atoms in total. The van der Waals surface area contributed by atoms with E-state index in [1.165, 1.54) is 25.1 Å². The third-order valence-corrected chi connectivity index (χ3v) is 6.15. The third kappa shape index (κ3) is 4.35. The minimum absolute atomic E-state index is 0.287. The maximum absolute atomic E-state index is 11.0. The van der Waals surface area contributed by atoms with Gasteiger partial charge in [-0.2, -0.15) is 9.97 Å². The number of aliphatic hydroxyl groups excluding tert-OH is 1. The van der Waals surface area contributed by atoms with Crippen LogP contribution in [-0.4, -0.2) is 39.7 Å². The van der Waals surface area contributed by atoms with Crippen molar-refractivity contribution in [2.24, 2.45) is 5.92 Å². The molecular weight excluding hydrogens is 376 g/mol. The number of aromatic nitrogens is 2. The maximum Gasteiger partial charge on any atom is 0.318 e. The van der Waals surface area contributed by atoms with Crippen molar-refractivity contribution in [1.29, 1.82) is 0 Å². The first-order valence-corrected chi connectivity index (χ1v) is 11.1. The Morgan fingerprint density at radius 2 is 1.97 bits per heavy atom. The Morgan fingerprint density at radius 1 is 1.20 bits per heavy atom. The monoisotopic (exact) mass is 408 g/mol. The molecule has 1 atom stereocenters. The van der Waals surface area contributed by atoms with Gasteiger partial charge in [-0.3, -0.25) is 4.90 Å². The standard InChI is InChI=1S/C24H32N4O2/c1-3-5-12-30-24-26-21-19(10-11-20(21)23(25)27-24)22(29)18-8-6-17(7-9-18)15-28-13-16(4-2)14-28/h6-10,16,22,29H,3-5,11-15H2,1-2H3,(H2,25,26,27). The van der Waals surface area contributed by atoms with Crippen molar-refractivity contribution in [1.82, 2.24) is 14.9 Å². The number of nitrogen functional groups attached to an aromatic ring is 1. The molecule has 0 bridgehead atoms. The van der Waals surface area contributed by atoms with E-state index in [4.69, 9.17) is 10.5 Å². The van der Waals surface area contributed by atoms with Crippen molar-refractivity contribution in [3.05, 3.63) is 52.7 Å². The summed E-state index contributed by atoms with van der Waals surface area (Å²) in [4.78, 5) is 11.3. The van der Waals surface area contributed by atoms with E-state index in [9.17, 15) is 5.11 Å². The molecule has 0 saturated carbocycles. The molecule has 30 heavy (non-hydrogen) atoms. The van der Waals surface area contributed by atoms with E-state index in [0.717, 1.165) is 42.0 Å². The summed E-state index contributed by atoms with van der Waals surface area (Å²) in [5.74, 6) is 1.28. The lowest BCUT2D eigenvalue weighted by molar-refractivity contribution is 0.0899. The number of aliphatic hydroxyl groups is 1. The van der Waals surface area contributed by atoms with Gasteiger partial charge in [-0.1, -0.05) is 57.0 Å². The highest BCUT2D eigenvalue weighted by molar-refractivity contribution is 5.77. The number of anilines is 1. The van der Waals surface area contributed by atoms with Crippen molar-refractivity contribution in [2.45, 2.75) is 52.2 Å². The number of nitrogens with two attached hydrogens (primary N) is 1. The lowest BCUT2D eigenvalue weighted by Crippen LogP contribution is -2.45. The number of hydrogen-bond acceptors (Lipinski definition) is 6. The molecule has 1 aromatic heterocycles. The minimum atomic E-state index is -0.744. The zero-order valence-corrected chi connectivity index (χ0v) is 18.0. The van der Waals surface area contributed by atoms with E-state index in [-0.39, 0.29) is 6.01 Å². The van der Waals surface area contributed by atoms with Crippen molar-refractivity contribution in [3.8, 4) is 6.01 Å². The largest absolute Gasteiger partial charge is 0.463 e. The van der Waals surface area contributed by atoms with Gasteiger partial charge in [-0.25, -0.2) is 0 Å². The highest BCUT2D eigenvalue weighted by Gasteiger charge is 2.27. The molecular formula is C24H32N4O2. The zero-order valence-electron chi connectivity index (χ0n) is 18.0. The Hall–Kier alpha value is -2.44. The number of unbranched alkanes of at least 4 members (excludes halogenated alkanes) is 1. The van der Waals surface area contributed by atoms with E-state index >= 15 is 0 Å². The normalized spacial score (nSPS) is 17.4. The quantitative estimate of drug-likeness (QED) is 0.615. The lowest BCUT2D eigenvalue weighted by atomic mass is 9.96. The zero-order chi connectivity index (χ0) is 21.1. The van der Waals surface area contributed by atoms with Gasteiger partial charge in [0, 0.05) is 30.8 Å². The fraction of sp³-hybridized carbons (Fsp3) is 0.500. The first-order chi connectivity index (χ1) is 14.6. The number of likely N-dealkylation sites (tertiary alicyclic amines) is 1. The predicted octanol–water partition coefficient (Wildman–Crippen LogP) is 3.75. The molecule has 160 valence electrons. The van der Waals surface area contributed by atoms with Gasteiger partial charge < -0.3 is 15.6 Å². The van der Waals surface area contributed by atoms with Gasteiger partial charge in [0.25, 0.3) is 0 Å². The van der Waals surface area contributed by atoms with Crippen LogP contribution >= 0.6 is 0 Å². The molecule has 2 heterocycles. The van der Waals surface area contributed by atoms with Crippen molar-refractivity contribution in [3.63, 3.8) is 0 Å². The van der Waals surface area contributed by atoms with Crippen LogP contribution in [0, 0.1) is 5.92 Å². The fourth-order valence-corrected chi connectivity index (χ4v) is 4.15. The molecule has 2 aromatic rings. The van der Waals surface area contributed by atoms with Crippen LogP contribution in [0.25, 0.3) is 5.57 Å².